The zero-order chi connectivity index (χ0) is 11.2. The topological polar surface area (TPSA) is 29.9 Å². The molecule has 0 amide bonds. The lowest BCUT2D eigenvalue weighted by molar-refractivity contribution is 0.556. The second-order valence-corrected chi connectivity index (χ2v) is 4.03. The number of benzene rings is 1. The Labute approximate surface area is 96.5 Å². The molecule has 0 radical (unpaired) electrons. The molecule has 3 nitrogen and oxygen atoms in total. The highest BCUT2D eigenvalue weighted by molar-refractivity contribution is 5.78. The van der Waals surface area contributed by atoms with Crippen LogP contribution in [0.2, 0.25) is 0 Å². The van der Waals surface area contributed by atoms with Gasteiger partial charge in [0.2, 0.25) is 0 Å². The lowest BCUT2D eigenvalue weighted by atomic mass is 10.2. The van der Waals surface area contributed by atoms with E-state index in [2.05, 4.69) is 40.2 Å². The predicted molar refractivity (Wildman–Crippen MR) is 67.5 cm³/mol. The highest BCUT2D eigenvalue weighted by Gasteiger charge is 1.99. The molecule has 0 aliphatic carbocycles. The molecule has 3 heteroatoms. The summed E-state index contributed by atoms with van der Waals surface area (Å²) >= 11 is 0. The van der Waals surface area contributed by atoms with Gasteiger partial charge in [0.05, 0.1) is 18.3 Å². The van der Waals surface area contributed by atoms with E-state index in [9.17, 15) is 0 Å². The second-order valence-electron chi connectivity index (χ2n) is 4.03. The fourth-order valence-electron chi connectivity index (χ4n) is 1.82. The summed E-state index contributed by atoms with van der Waals surface area (Å²) < 4.78 is 2.06. The maximum Gasteiger partial charge on any atom is 0.0682 e. The van der Waals surface area contributed by atoms with Crippen LogP contribution >= 0.6 is 0 Å². The van der Waals surface area contributed by atoms with Gasteiger partial charge >= 0.3 is 0 Å². The van der Waals surface area contributed by atoms with Crippen molar-refractivity contribution in [2.45, 2.75) is 26.3 Å². The first-order valence-electron chi connectivity index (χ1n) is 6.03. The van der Waals surface area contributed by atoms with Crippen LogP contribution in [-0.4, -0.2) is 22.9 Å². The van der Waals surface area contributed by atoms with Gasteiger partial charge in [-0.2, -0.15) is 5.10 Å². The number of nitrogens with zero attached hydrogens (tertiary/aromatic N) is 2. The van der Waals surface area contributed by atoms with Crippen molar-refractivity contribution >= 4 is 10.9 Å². The monoisotopic (exact) mass is 217 g/mol. The van der Waals surface area contributed by atoms with Gasteiger partial charge in [0.1, 0.15) is 0 Å². The third-order valence-corrected chi connectivity index (χ3v) is 2.76. The number of hydrogen-bond acceptors (Lipinski definition) is 2. The predicted octanol–water partition coefficient (Wildman–Crippen LogP) is 2.43. The van der Waals surface area contributed by atoms with Crippen LogP contribution in [0.5, 0.6) is 0 Å². The van der Waals surface area contributed by atoms with Crippen LogP contribution in [0.25, 0.3) is 10.9 Å². The average Bonchev–Trinajstić information content (AvgIpc) is 2.73. The summed E-state index contributed by atoms with van der Waals surface area (Å²) in [6, 6.07) is 8.33. The van der Waals surface area contributed by atoms with Gasteiger partial charge in [-0.05, 0) is 19.0 Å². The molecule has 2 aromatic rings. The first-order chi connectivity index (χ1) is 7.92. The number of aromatic nitrogens is 2. The van der Waals surface area contributed by atoms with Crippen LogP contribution < -0.4 is 5.32 Å². The summed E-state index contributed by atoms with van der Waals surface area (Å²) in [6.45, 7) is 5.25. The van der Waals surface area contributed by atoms with Gasteiger partial charge in [-0.3, -0.25) is 4.68 Å². The standard InChI is InChI=1S/C13H19N3/c1-2-3-8-14-9-10-16-13-7-5-4-6-12(13)11-15-16/h4-7,11,14H,2-3,8-10H2,1H3. The van der Waals surface area contributed by atoms with Crippen LogP contribution in [0.15, 0.2) is 30.5 Å². The Hall–Kier alpha value is -1.35. The van der Waals surface area contributed by atoms with E-state index in [1.165, 1.54) is 23.7 Å². The number of para-hydroxylation sites is 1. The zero-order valence-electron chi connectivity index (χ0n) is 9.82. The van der Waals surface area contributed by atoms with Crippen molar-refractivity contribution in [3.05, 3.63) is 30.5 Å². The van der Waals surface area contributed by atoms with E-state index < -0.39 is 0 Å². The van der Waals surface area contributed by atoms with E-state index >= 15 is 0 Å². The van der Waals surface area contributed by atoms with Crippen molar-refractivity contribution in [3.63, 3.8) is 0 Å². The minimum Gasteiger partial charge on any atom is -0.315 e. The van der Waals surface area contributed by atoms with E-state index in [4.69, 9.17) is 0 Å². The third-order valence-electron chi connectivity index (χ3n) is 2.76. The summed E-state index contributed by atoms with van der Waals surface area (Å²) in [5.74, 6) is 0. The van der Waals surface area contributed by atoms with Gasteiger partial charge in [0.15, 0.2) is 0 Å². The van der Waals surface area contributed by atoms with Crippen molar-refractivity contribution in [1.29, 1.82) is 0 Å². The highest BCUT2D eigenvalue weighted by Crippen LogP contribution is 2.11. The van der Waals surface area contributed by atoms with Gasteiger partial charge in [-0.25, -0.2) is 0 Å². The molecular weight excluding hydrogens is 198 g/mol. The molecule has 0 unspecified atom stereocenters. The molecule has 86 valence electrons. The number of unbranched alkanes of at least 4 members (excludes halogenated alkanes) is 1. The first-order valence-corrected chi connectivity index (χ1v) is 6.03. The molecule has 0 aliphatic heterocycles. The molecule has 0 spiro atoms. The van der Waals surface area contributed by atoms with E-state index in [0.29, 0.717) is 0 Å². The van der Waals surface area contributed by atoms with Crippen molar-refractivity contribution in [2.24, 2.45) is 0 Å². The summed E-state index contributed by atoms with van der Waals surface area (Å²) in [7, 11) is 0. The lowest BCUT2D eigenvalue weighted by Crippen LogP contribution is -2.21. The fourth-order valence-corrected chi connectivity index (χ4v) is 1.82. The van der Waals surface area contributed by atoms with E-state index in [-0.39, 0.29) is 0 Å². The van der Waals surface area contributed by atoms with Crippen LogP contribution in [0.1, 0.15) is 19.8 Å². The van der Waals surface area contributed by atoms with E-state index in [1.807, 2.05) is 12.3 Å². The molecule has 0 fully saturated rings. The maximum absolute atomic E-state index is 4.39. The summed E-state index contributed by atoms with van der Waals surface area (Å²) in [5.41, 5.74) is 1.22. The minimum absolute atomic E-state index is 0.942. The minimum atomic E-state index is 0.942. The molecule has 0 bridgehead atoms. The highest BCUT2D eigenvalue weighted by atomic mass is 15.3. The van der Waals surface area contributed by atoms with Gasteiger partial charge < -0.3 is 5.32 Å². The fraction of sp³-hybridized carbons (Fsp3) is 0.462. The lowest BCUT2D eigenvalue weighted by Gasteiger charge is -2.05. The molecule has 0 atom stereocenters. The zero-order valence-corrected chi connectivity index (χ0v) is 9.82. The van der Waals surface area contributed by atoms with Crippen LogP contribution in [0.3, 0.4) is 0 Å². The Kier molecular flexibility index (Phi) is 3.94. The van der Waals surface area contributed by atoms with Crippen molar-refractivity contribution < 1.29 is 0 Å². The SMILES string of the molecule is CCCCNCCn1ncc2ccccc21. The summed E-state index contributed by atoms with van der Waals surface area (Å²) in [4.78, 5) is 0. The third kappa shape index (κ3) is 2.61. The molecule has 2 rings (SSSR count). The maximum atomic E-state index is 4.39. The number of rotatable bonds is 6. The number of nitrogens with one attached hydrogen (secondary N) is 1. The molecular formula is C13H19N3. The Morgan fingerprint density at radius 3 is 3.00 bits per heavy atom. The molecule has 1 aromatic carbocycles. The van der Waals surface area contributed by atoms with Gasteiger partial charge in [-0.1, -0.05) is 31.5 Å². The number of fused-ring (bicyclic) bond motifs is 1. The van der Waals surface area contributed by atoms with Gasteiger partial charge in [-0.15, -0.1) is 0 Å². The molecule has 1 heterocycles. The molecule has 0 saturated heterocycles. The molecule has 1 aromatic heterocycles. The molecule has 0 saturated carbocycles. The van der Waals surface area contributed by atoms with Crippen molar-refractivity contribution in [3.8, 4) is 0 Å². The van der Waals surface area contributed by atoms with E-state index in [0.717, 1.165) is 19.6 Å². The van der Waals surface area contributed by atoms with Crippen LogP contribution in [0, 0.1) is 0 Å². The Balaban J connectivity index is 1.89. The molecule has 1 N–H and O–H groups in total. The largest absolute Gasteiger partial charge is 0.315 e. The van der Waals surface area contributed by atoms with Crippen molar-refractivity contribution in [2.75, 3.05) is 13.1 Å². The summed E-state index contributed by atoms with van der Waals surface area (Å²) in [5, 5.41) is 9.04. The van der Waals surface area contributed by atoms with Gasteiger partial charge in [0, 0.05) is 11.9 Å². The quantitative estimate of drug-likeness (QED) is 0.753. The first kappa shape index (κ1) is 11.1. The van der Waals surface area contributed by atoms with Crippen LogP contribution in [-0.2, 0) is 6.54 Å². The normalized spacial score (nSPS) is 11.1. The van der Waals surface area contributed by atoms with Crippen molar-refractivity contribution in [1.82, 2.24) is 15.1 Å². The Morgan fingerprint density at radius 1 is 1.25 bits per heavy atom. The smallest absolute Gasteiger partial charge is 0.0682 e. The Bertz CT molecular complexity index is 433. The molecule has 0 aliphatic rings. The second kappa shape index (κ2) is 5.66. The van der Waals surface area contributed by atoms with Crippen LogP contribution in [0.4, 0.5) is 0 Å². The number of hydrogen-bond donors (Lipinski definition) is 1. The van der Waals surface area contributed by atoms with Gasteiger partial charge in [0.25, 0.3) is 0 Å². The summed E-state index contributed by atoms with van der Waals surface area (Å²) in [6.07, 6.45) is 4.43. The Morgan fingerprint density at radius 2 is 2.12 bits per heavy atom. The average molecular weight is 217 g/mol. The van der Waals surface area contributed by atoms with E-state index in [1.54, 1.807) is 0 Å². The molecule has 16 heavy (non-hydrogen) atoms.